The minimum absolute atomic E-state index is 0.0614. The molecule has 0 radical (unpaired) electrons. The van der Waals surface area contributed by atoms with Crippen LogP contribution in [0, 0.1) is 0 Å². The molecule has 7 heteroatoms. The fraction of sp³-hybridized carbons (Fsp3) is 0.727. The Bertz CT molecular complexity index is 349. The van der Waals surface area contributed by atoms with Crippen molar-refractivity contribution in [2.24, 2.45) is 0 Å². The first-order valence-corrected chi connectivity index (χ1v) is 6.19. The largest absolute Gasteiger partial charge is 0.378 e. The third kappa shape index (κ3) is 4.42. The van der Waals surface area contributed by atoms with E-state index >= 15 is 0 Å². The molecule has 1 aliphatic heterocycles. The summed E-state index contributed by atoms with van der Waals surface area (Å²) in [7, 11) is 0. The molecule has 1 amide bonds. The molecule has 0 aromatic carbocycles. The summed E-state index contributed by atoms with van der Waals surface area (Å²) in [6.07, 6.45) is 3.93. The molecule has 1 aliphatic rings. The molecule has 2 rings (SSSR count). The molecular weight excluding hydrogens is 236 g/mol. The van der Waals surface area contributed by atoms with Crippen LogP contribution in [0.1, 0.15) is 25.1 Å². The van der Waals surface area contributed by atoms with E-state index in [1.165, 1.54) is 6.39 Å². The number of ether oxygens (including phenoxy) is 1. The maximum absolute atomic E-state index is 11.5. The molecule has 0 spiro atoms. The van der Waals surface area contributed by atoms with Gasteiger partial charge in [-0.05, 0) is 25.9 Å². The van der Waals surface area contributed by atoms with Gasteiger partial charge in [0, 0.05) is 6.42 Å². The number of amides is 1. The molecule has 0 unspecified atom stereocenters. The summed E-state index contributed by atoms with van der Waals surface area (Å²) < 4.78 is 10.2. The van der Waals surface area contributed by atoms with E-state index in [4.69, 9.17) is 4.74 Å². The fourth-order valence-electron chi connectivity index (χ4n) is 1.82. The first kappa shape index (κ1) is 13.0. The van der Waals surface area contributed by atoms with E-state index in [-0.39, 0.29) is 12.0 Å². The molecule has 1 aromatic heterocycles. The highest BCUT2D eigenvalue weighted by Gasteiger charge is 2.13. The Morgan fingerprint density at radius 3 is 3.11 bits per heavy atom. The average Bonchev–Trinajstić information content (AvgIpc) is 2.91. The summed E-state index contributed by atoms with van der Waals surface area (Å²) in [5.74, 6) is 0.413. The van der Waals surface area contributed by atoms with Crippen molar-refractivity contribution in [1.29, 1.82) is 0 Å². The van der Waals surface area contributed by atoms with Crippen LogP contribution in [0.2, 0.25) is 0 Å². The van der Waals surface area contributed by atoms with Gasteiger partial charge >= 0.3 is 0 Å². The van der Waals surface area contributed by atoms with Crippen molar-refractivity contribution in [3.8, 4) is 0 Å². The second-order valence-corrected chi connectivity index (χ2v) is 4.19. The van der Waals surface area contributed by atoms with Crippen LogP contribution in [0.3, 0.4) is 0 Å². The lowest BCUT2D eigenvalue weighted by Gasteiger charge is -2.22. The van der Waals surface area contributed by atoms with Crippen LogP contribution in [0.5, 0.6) is 0 Å². The maximum atomic E-state index is 11.5. The van der Waals surface area contributed by atoms with E-state index in [2.05, 4.69) is 25.3 Å². The first-order chi connectivity index (χ1) is 8.84. The molecule has 2 heterocycles. The normalized spacial score (nSPS) is 16.7. The Hall–Kier alpha value is -1.47. The molecule has 1 saturated heterocycles. The van der Waals surface area contributed by atoms with Crippen molar-refractivity contribution >= 4 is 5.91 Å². The Morgan fingerprint density at radius 1 is 1.56 bits per heavy atom. The van der Waals surface area contributed by atoms with Crippen LogP contribution in [0.4, 0.5) is 0 Å². The van der Waals surface area contributed by atoms with Crippen LogP contribution in [0.15, 0.2) is 10.9 Å². The van der Waals surface area contributed by atoms with E-state index in [0.717, 1.165) is 25.9 Å². The van der Waals surface area contributed by atoms with Gasteiger partial charge in [0.2, 0.25) is 12.3 Å². The summed E-state index contributed by atoms with van der Waals surface area (Å²) in [6.45, 7) is 2.74. The molecule has 0 bridgehead atoms. The van der Waals surface area contributed by atoms with Gasteiger partial charge in [-0.1, -0.05) is 5.16 Å². The van der Waals surface area contributed by atoms with E-state index in [1.807, 2.05) is 0 Å². The van der Waals surface area contributed by atoms with Crippen molar-refractivity contribution in [1.82, 2.24) is 20.8 Å². The zero-order chi connectivity index (χ0) is 12.6. The molecule has 7 nitrogen and oxygen atoms in total. The predicted octanol–water partition coefficient (Wildman–Crippen LogP) is -0.155. The van der Waals surface area contributed by atoms with Gasteiger partial charge in [-0.25, -0.2) is 0 Å². The second kappa shape index (κ2) is 7.07. The topological polar surface area (TPSA) is 89.3 Å². The van der Waals surface area contributed by atoms with Gasteiger partial charge in [-0.2, -0.15) is 4.98 Å². The zero-order valence-corrected chi connectivity index (χ0v) is 10.2. The minimum atomic E-state index is -0.0614. The number of hydrogen-bond acceptors (Lipinski definition) is 6. The number of hydrogen-bond donors (Lipinski definition) is 2. The van der Waals surface area contributed by atoms with E-state index in [1.54, 1.807) is 0 Å². The SMILES string of the molecule is O=C(CCOC1CCNCC1)NCc1ncon1. The lowest BCUT2D eigenvalue weighted by molar-refractivity contribution is -0.122. The lowest BCUT2D eigenvalue weighted by atomic mass is 10.1. The van der Waals surface area contributed by atoms with Gasteiger partial charge in [-0.15, -0.1) is 0 Å². The second-order valence-electron chi connectivity index (χ2n) is 4.19. The van der Waals surface area contributed by atoms with Crippen molar-refractivity contribution in [2.45, 2.75) is 31.9 Å². The van der Waals surface area contributed by atoms with Crippen molar-refractivity contribution in [3.05, 3.63) is 12.2 Å². The Balaban J connectivity index is 1.54. The van der Waals surface area contributed by atoms with Crippen molar-refractivity contribution in [3.63, 3.8) is 0 Å². The quantitative estimate of drug-likeness (QED) is 0.733. The lowest BCUT2D eigenvalue weighted by Crippen LogP contribution is -2.33. The summed E-state index contributed by atoms with van der Waals surface area (Å²) in [6, 6.07) is 0. The molecule has 1 aromatic rings. The summed E-state index contributed by atoms with van der Waals surface area (Å²) in [4.78, 5) is 15.3. The smallest absolute Gasteiger partial charge is 0.222 e. The van der Waals surface area contributed by atoms with Crippen LogP contribution < -0.4 is 10.6 Å². The van der Waals surface area contributed by atoms with E-state index in [9.17, 15) is 4.79 Å². The molecule has 1 fully saturated rings. The van der Waals surface area contributed by atoms with Crippen LogP contribution in [-0.2, 0) is 16.1 Å². The fourth-order valence-corrected chi connectivity index (χ4v) is 1.82. The summed E-state index contributed by atoms with van der Waals surface area (Å²) >= 11 is 0. The van der Waals surface area contributed by atoms with Gasteiger partial charge in [0.25, 0.3) is 0 Å². The summed E-state index contributed by atoms with van der Waals surface area (Å²) in [5, 5.41) is 9.58. The number of piperidine rings is 1. The van der Waals surface area contributed by atoms with Gasteiger partial charge in [-0.3, -0.25) is 4.79 Å². The molecule has 0 saturated carbocycles. The molecule has 0 atom stereocenters. The minimum Gasteiger partial charge on any atom is -0.378 e. The number of carbonyl (C=O) groups excluding carboxylic acids is 1. The number of nitrogens with zero attached hydrogens (tertiary/aromatic N) is 2. The number of aromatic nitrogens is 2. The molecule has 0 aliphatic carbocycles. The maximum Gasteiger partial charge on any atom is 0.222 e. The highest BCUT2D eigenvalue weighted by molar-refractivity contribution is 5.75. The number of carbonyl (C=O) groups is 1. The zero-order valence-electron chi connectivity index (χ0n) is 10.2. The van der Waals surface area contributed by atoms with Crippen LogP contribution >= 0.6 is 0 Å². The average molecular weight is 254 g/mol. The van der Waals surface area contributed by atoms with E-state index < -0.39 is 0 Å². The van der Waals surface area contributed by atoms with Gasteiger partial charge < -0.3 is 19.9 Å². The standard InChI is InChI=1S/C11H18N4O3/c16-11(13-7-10-14-8-18-15-10)3-6-17-9-1-4-12-5-2-9/h8-9,12H,1-7H2,(H,13,16). The van der Waals surface area contributed by atoms with E-state index in [0.29, 0.717) is 25.4 Å². The molecule has 2 N–H and O–H groups in total. The highest BCUT2D eigenvalue weighted by Crippen LogP contribution is 2.07. The molecule has 18 heavy (non-hydrogen) atoms. The van der Waals surface area contributed by atoms with Gasteiger partial charge in [0.05, 0.1) is 19.3 Å². The number of nitrogens with one attached hydrogen (secondary N) is 2. The highest BCUT2D eigenvalue weighted by atomic mass is 16.5. The van der Waals surface area contributed by atoms with Crippen LogP contribution in [0.25, 0.3) is 0 Å². The first-order valence-electron chi connectivity index (χ1n) is 6.19. The monoisotopic (exact) mass is 254 g/mol. The van der Waals surface area contributed by atoms with Crippen molar-refractivity contribution in [2.75, 3.05) is 19.7 Å². The van der Waals surface area contributed by atoms with Gasteiger partial charge in [0.1, 0.15) is 0 Å². The van der Waals surface area contributed by atoms with Crippen molar-refractivity contribution < 1.29 is 14.1 Å². The molecular formula is C11H18N4O3. The number of rotatable bonds is 6. The van der Waals surface area contributed by atoms with Crippen LogP contribution in [-0.4, -0.2) is 41.8 Å². The molecule has 100 valence electrons. The third-order valence-corrected chi connectivity index (χ3v) is 2.82. The summed E-state index contributed by atoms with van der Waals surface area (Å²) in [5.41, 5.74) is 0. The predicted molar refractivity (Wildman–Crippen MR) is 62.6 cm³/mol. The Kier molecular flexibility index (Phi) is 5.10. The van der Waals surface area contributed by atoms with Gasteiger partial charge in [0.15, 0.2) is 5.82 Å². The Labute approximate surface area is 105 Å². The third-order valence-electron chi connectivity index (χ3n) is 2.82. The Morgan fingerprint density at radius 2 is 2.39 bits per heavy atom.